The number of azo groups is 1. The number of nitrogens with zero attached hydrogens (tertiary/aromatic N) is 2. The van der Waals surface area contributed by atoms with Crippen LogP contribution >= 0.6 is 0 Å². The smallest absolute Gasteiger partial charge is 0.410 e. The molecule has 2 aromatic rings. The van der Waals surface area contributed by atoms with Crippen LogP contribution in [-0.2, 0) is 13.3 Å². The van der Waals surface area contributed by atoms with Crippen molar-refractivity contribution in [1.82, 2.24) is 5.32 Å². The summed E-state index contributed by atoms with van der Waals surface area (Å²) >= 11 is 0. The molecule has 0 aromatic heterocycles. The van der Waals surface area contributed by atoms with Gasteiger partial charge in [0.25, 0.3) is 0 Å². The Morgan fingerprint density at radius 3 is 1.94 bits per heavy atom. The number of hydrogen-bond donors (Lipinski definition) is 1. The Morgan fingerprint density at radius 1 is 0.839 bits per heavy atom. The van der Waals surface area contributed by atoms with Gasteiger partial charge in [-0.1, -0.05) is 18.2 Å². The van der Waals surface area contributed by atoms with Gasteiger partial charge >= 0.3 is 14.9 Å². The Kier molecular flexibility index (Phi) is 10.9. The summed E-state index contributed by atoms with van der Waals surface area (Å²) in [4.78, 5) is 12.1. The molecule has 0 aliphatic heterocycles. The Morgan fingerprint density at radius 2 is 1.39 bits per heavy atom. The molecule has 0 radical (unpaired) electrons. The molecule has 0 aliphatic rings. The van der Waals surface area contributed by atoms with Crippen LogP contribution in [0.1, 0.15) is 27.2 Å². The summed E-state index contributed by atoms with van der Waals surface area (Å²) in [7, 11) is -2.69. The standard InChI is InChI=1S/C22H31N3O5Si/c1-4-27-31(28-5-2,29-6-3)18-10-17-23-22(26)30-21-15-13-20(14-16-21)25-24-19-11-8-7-9-12-19/h7-9,11-16H,4-6,10,17-18H2,1-3H3,(H,23,26). The minimum Gasteiger partial charge on any atom is -0.410 e. The lowest BCUT2D eigenvalue weighted by Gasteiger charge is -2.28. The van der Waals surface area contributed by atoms with Crippen molar-refractivity contribution in [3.63, 3.8) is 0 Å². The Balaban J connectivity index is 1.77. The molecular weight excluding hydrogens is 414 g/mol. The van der Waals surface area contributed by atoms with E-state index in [4.69, 9.17) is 18.0 Å². The zero-order valence-electron chi connectivity index (χ0n) is 18.4. The maximum atomic E-state index is 12.1. The molecule has 1 N–H and O–H groups in total. The molecule has 0 unspecified atom stereocenters. The minimum absolute atomic E-state index is 0.429. The van der Waals surface area contributed by atoms with E-state index in [0.717, 1.165) is 5.69 Å². The van der Waals surface area contributed by atoms with Gasteiger partial charge < -0.3 is 23.3 Å². The van der Waals surface area contributed by atoms with Crippen molar-refractivity contribution in [2.24, 2.45) is 10.2 Å². The van der Waals surface area contributed by atoms with Gasteiger partial charge in [-0.05, 0) is 63.6 Å². The van der Waals surface area contributed by atoms with Crippen LogP contribution in [0.5, 0.6) is 5.75 Å². The number of carbonyl (C=O) groups excluding carboxylic acids is 1. The molecule has 1 amide bonds. The van der Waals surface area contributed by atoms with Gasteiger partial charge in [0, 0.05) is 32.4 Å². The summed E-state index contributed by atoms with van der Waals surface area (Å²) in [5, 5.41) is 11.1. The first-order valence-electron chi connectivity index (χ1n) is 10.5. The molecule has 0 bridgehead atoms. The third kappa shape index (κ3) is 8.97. The first-order chi connectivity index (χ1) is 15.1. The second kappa shape index (κ2) is 13.7. The number of nitrogens with one attached hydrogen (secondary N) is 1. The summed E-state index contributed by atoms with van der Waals surface area (Å²) in [5.74, 6) is 0.429. The number of ether oxygens (including phenoxy) is 1. The quantitative estimate of drug-likeness (QED) is 0.245. The third-order valence-electron chi connectivity index (χ3n) is 4.11. The summed E-state index contributed by atoms with van der Waals surface area (Å²) < 4.78 is 22.7. The van der Waals surface area contributed by atoms with Gasteiger partial charge in [-0.2, -0.15) is 10.2 Å². The van der Waals surface area contributed by atoms with Crippen LogP contribution in [0.4, 0.5) is 16.2 Å². The lowest BCUT2D eigenvalue weighted by molar-refractivity contribution is 0.0708. The van der Waals surface area contributed by atoms with Crippen molar-refractivity contribution >= 4 is 26.3 Å². The summed E-state index contributed by atoms with van der Waals surface area (Å²) in [6.45, 7) is 7.79. The average molecular weight is 446 g/mol. The summed E-state index contributed by atoms with van der Waals surface area (Å²) in [6, 6.07) is 16.9. The number of carbonyl (C=O) groups is 1. The van der Waals surface area contributed by atoms with E-state index in [1.165, 1.54) is 0 Å². The first kappa shape index (κ1) is 24.7. The first-order valence-corrected chi connectivity index (χ1v) is 12.5. The monoisotopic (exact) mass is 445 g/mol. The SMILES string of the molecule is CCO[Si](CCCNC(=O)Oc1ccc(N=Nc2ccccc2)cc1)(OCC)OCC. The maximum Gasteiger partial charge on any atom is 0.500 e. The van der Waals surface area contributed by atoms with E-state index in [0.29, 0.717) is 50.3 Å². The molecule has 2 aromatic carbocycles. The highest BCUT2D eigenvalue weighted by Gasteiger charge is 2.39. The number of hydrogen-bond acceptors (Lipinski definition) is 7. The second-order valence-corrected chi connectivity index (χ2v) is 9.16. The lowest BCUT2D eigenvalue weighted by atomic mass is 10.3. The highest BCUT2D eigenvalue weighted by molar-refractivity contribution is 6.60. The molecule has 9 heteroatoms. The van der Waals surface area contributed by atoms with Crippen molar-refractivity contribution in [2.75, 3.05) is 26.4 Å². The van der Waals surface area contributed by atoms with Crippen LogP contribution < -0.4 is 10.1 Å². The fourth-order valence-corrected chi connectivity index (χ4v) is 5.44. The van der Waals surface area contributed by atoms with Gasteiger partial charge in [0.15, 0.2) is 0 Å². The van der Waals surface area contributed by atoms with Crippen LogP contribution in [0, 0.1) is 0 Å². The van der Waals surface area contributed by atoms with Gasteiger partial charge in [0.1, 0.15) is 5.75 Å². The second-order valence-electron chi connectivity index (χ2n) is 6.43. The molecule has 0 atom stereocenters. The van der Waals surface area contributed by atoms with Gasteiger partial charge in [0.2, 0.25) is 0 Å². The largest absolute Gasteiger partial charge is 0.500 e. The number of rotatable bonds is 13. The third-order valence-corrected chi connectivity index (χ3v) is 7.26. The Labute approximate surface area is 185 Å². The molecule has 0 fully saturated rings. The molecule has 2 rings (SSSR count). The molecule has 0 saturated heterocycles. The van der Waals surface area contributed by atoms with Crippen molar-refractivity contribution < 1.29 is 22.8 Å². The number of benzene rings is 2. The van der Waals surface area contributed by atoms with Gasteiger partial charge in [-0.3, -0.25) is 0 Å². The topological polar surface area (TPSA) is 90.7 Å². The van der Waals surface area contributed by atoms with E-state index in [2.05, 4.69) is 15.5 Å². The van der Waals surface area contributed by atoms with Crippen molar-refractivity contribution in [3.8, 4) is 5.75 Å². The highest BCUT2D eigenvalue weighted by Crippen LogP contribution is 2.21. The average Bonchev–Trinajstić information content (AvgIpc) is 2.78. The fraction of sp³-hybridized carbons (Fsp3) is 0.409. The van der Waals surface area contributed by atoms with Gasteiger partial charge in [0.05, 0.1) is 11.4 Å². The Bertz CT molecular complexity index is 786. The van der Waals surface area contributed by atoms with Crippen molar-refractivity contribution in [2.45, 2.75) is 33.2 Å². The van der Waals surface area contributed by atoms with Crippen molar-refractivity contribution in [3.05, 3.63) is 54.6 Å². The number of amides is 1. The van der Waals surface area contributed by atoms with Crippen LogP contribution in [-0.4, -0.2) is 41.3 Å². The predicted molar refractivity (Wildman–Crippen MR) is 121 cm³/mol. The molecule has 31 heavy (non-hydrogen) atoms. The molecule has 0 saturated carbocycles. The van der Waals surface area contributed by atoms with Crippen LogP contribution in [0.2, 0.25) is 6.04 Å². The van der Waals surface area contributed by atoms with Crippen LogP contribution in [0.3, 0.4) is 0 Å². The van der Waals surface area contributed by atoms with E-state index in [9.17, 15) is 4.79 Å². The summed E-state index contributed by atoms with van der Waals surface area (Å²) in [5.41, 5.74) is 1.44. The van der Waals surface area contributed by atoms with Gasteiger partial charge in [-0.15, -0.1) is 0 Å². The predicted octanol–water partition coefficient (Wildman–Crippen LogP) is 5.63. The lowest BCUT2D eigenvalue weighted by Crippen LogP contribution is -2.46. The normalized spacial score (nSPS) is 11.6. The zero-order valence-corrected chi connectivity index (χ0v) is 19.4. The fourth-order valence-electron chi connectivity index (χ4n) is 2.83. The highest BCUT2D eigenvalue weighted by atomic mass is 28.4. The molecular formula is C22H31N3O5Si. The minimum atomic E-state index is -2.69. The van der Waals surface area contributed by atoms with Crippen LogP contribution in [0.15, 0.2) is 64.8 Å². The molecule has 0 aliphatic carbocycles. The van der Waals surface area contributed by atoms with Crippen molar-refractivity contribution in [1.29, 1.82) is 0 Å². The van der Waals surface area contributed by atoms with E-state index in [-0.39, 0.29) is 0 Å². The van der Waals surface area contributed by atoms with Gasteiger partial charge in [-0.25, -0.2) is 4.79 Å². The molecule has 0 spiro atoms. The molecule has 8 nitrogen and oxygen atoms in total. The van der Waals surface area contributed by atoms with Crippen LogP contribution in [0.25, 0.3) is 0 Å². The zero-order chi connectivity index (χ0) is 22.4. The van der Waals surface area contributed by atoms with E-state index in [1.807, 2.05) is 51.1 Å². The summed E-state index contributed by atoms with van der Waals surface area (Å²) in [6.07, 6.45) is 0.148. The van der Waals surface area contributed by atoms with E-state index < -0.39 is 14.9 Å². The Hall–Kier alpha value is -2.59. The van der Waals surface area contributed by atoms with E-state index in [1.54, 1.807) is 24.3 Å². The molecule has 168 valence electrons. The van der Waals surface area contributed by atoms with E-state index >= 15 is 0 Å². The maximum absolute atomic E-state index is 12.1. The molecule has 0 heterocycles.